The third kappa shape index (κ3) is 4.93. The van der Waals surface area contributed by atoms with E-state index in [1.54, 1.807) is 12.1 Å². The summed E-state index contributed by atoms with van der Waals surface area (Å²) in [6.07, 6.45) is 6.25. The predicted molar refractivity (Wildman–Crippen MR) is 98.5 cm³/mol. The van der Waals surface area contributed by atoms with Crippen molar-refractivity contribution in [2.24, 2.45) is 4.99 Å². The van der Waals surface area contributed by atoms with Crippen molar-refractivity contribution < 1.29 is 9.84 Å². The highest BCUT2D eigenvalue weighted by atomic mass is 35.5. The molecule has 0 saturated heterocycles. The summed E-state index contributed by atoms with van der Waals surface area (Å²) in [5.74, 6) is 0.471. The topological polar surface area (TPSA) is 89.5 Å². The Balaban J connectivity index is 2.12. The van der Waals surface area contributed by atoms with Gasteiger partial charge in [-0.3, -0.25) is 0 Å². The lowest BCUT2D eigenvalue weighted by atomic mass is 9.99. The molecule has 0 spiro atoms. The van der Waals surface area contributed by atoms with Crippen LogP contribution in [0.4, 0.5) is 5.69 Å². The van der Waals surface area contributed by atoms with Gasteiger partial charge in [-0.15, -0.1) is 0 Å². The lowest BCUT2D eigenvalue weighted by molar-refractivity contribution is 0.222. The second-order valence-electron chi connectivity index (χ2n) is 5.68. The average molecular weight is 348 g/mol. The lowest BCUT2D eigenvalue weighted by Gasteiger charge is -2.17. The number of nitrogens with one attached hydrogen (secondary N) is 2. The van der Waals surface area contributed by atoms with Gasteiger partial charge in [0.2, 0.25) is 0 Å². The van der Waals surface area contributed by atoms with Gasteiger partial charge in [0, 0.05) is 12.5 Å². The van der Waals surface area contributed by atoms with Crippen LogP contribution in [0.2, 0.25) is 5.02 Å². The minimum atomic E-state index is -0.00670. The Kier molecular flexibility index (Phi) is 6.55. The first-order chi connectivity index (χ1) is 11.5. The van der Waals surface area contributed by atoms with E-state index >= 15 is 0 Å². The Morgan fingerprint density at radius 2 is 2.00 bits per heavy atom. The fraction of sp³-hybridized carbons (Fsp3) is 0.389. The van der Waals surface area contributed by atoms with Crippen molar-refractivity contribution in [1.29, 1.82) is 10.8 Å². The van der Waals surface area contributed by atoms with Crippen LogP contribution in [-0.4, -0.2) is 28.8 Å². The van der Waals surface area contributed by atoms with Gasteiger partial charge in [0.25, 0.3) is 0 Å². The summed E-state index contributed by atoms with van der Waals surface area (Å²) in [6, 6.07) is 4.63. The first-order valence-electron chi connectivity index (χ1n) is 8.08. The van der Waals surface area contributed by atoms with Crippen LogP contribution in [0.5, 0.6) is 5.75 Å². The smallest absolute Gasteiger partial charge is 0.142 e. The van der Waals surface area contributed by atoms with E-state index in [1.165, 1.54) is 25.0 Å². The van der Waals surface area contributed by atoms with Crippen molar-refractivity contribution in [3.05, 3.63) is 35.1 Å². The molecule has 0 radical (unpaired) electrons. The largest absolute Gasteiger partial charge is 0.506 e. The minimum absolute atomic E-state index is 0.00670. The van der Waals surface area contributed by atoms with Crippen LogP contribution in [-0.2, 0) is 4.74 Å². The molecule has 6 heteroatoms. The van der Waals surface area contributed by atoms with Crippen molar-refractivity contribution in [3.63, 3.8) is 0 Å². The lowest BCUT2D eigenvalue weighted by Crippen LogP contribution is -2.24. The molecule has 128 valence electrons. The molecule has 1 aliphatic carbocycles. The van der Waals surface area contributed by atoms with E-state index in [0.29, 0.717) is 29.5 Å². The maximum absolute atomic E-state index is 9.45. The number of hydrogen-bond donors (Lipinski definition) is 3. The van der Waals surface area contributed by atoms with E-state index in [-0.39, 0.29) is 22.9 Å². The molecule has 0 aromatic heterocycles. The van der Waals surface area contributed by atoms with E-state index < -0.39 is 0 Å². The number of phenols is 1. The molecule has 0 amide bonds. The van der Waals surface area contributed by atoms with Gasteiger partial charge in [-0.1, -0.05) is 37.8 Å². The van der Waals surface area contributed by atoms with Gasteiger partial charge < -0.3 is 20.7 Å². The summed E-state index contributed by atoms with van der Waals surface area (Å²) >= 11 is 5.88. The van der Waals surface area contributed by atoms with Crippen molar-refractivity contribution in [2.45, 2.75) is 39.0 Å². The van der Waals surface area contributed by atoms with Crippen LogP contribution in [0, 0.1) is 10.8 Å². The van der Waals surface area contributed by atoms with Crippen molar-refractivity contribution >= 4 is 34.4 Å². The summed E-state index contributed by atoms with van der Waals surface area (Å²) in [4.78, 5) is 4.39. The van der Waals surface area contributed by atoms with Gasteiger partial charge in [0.05, 0.1) is 34.5 Å². The third-order valence-corrected chi connectivity index (χ3v) is 3.97. The molecule has 0 fully saturated rings. The molecule has 0 heterocycles. The Bertz CT molecular complexity index is 696. The number of allylic oxidation sites excluding steroid dienone is 2. The summed E-state index contributed by atoms with van der Waals surface area (Å²) in [5, 5.41) is 25.7. The number of halogens is 1. The molecule has 2 rings (SSSR count). The molecule has 1 aromatic carbocycles. The number of rotatable bonds is 7. The molecular formula is C18H22ClN3O2. The molecular weight excluding hydrogens is 326 g/mol. The Labute approximate surface area is 147 Å². The van der Waals surface area contributed by atoms with Crippen molar-refractivity contribution in [3.8, 4) is 5.75 Å². The third-order valence-electron chi connectivity index (χ3n) is 3.66. The molecule has 1 aromatic rings. The van der Waals surface area contributed by atoms with Gasteiger partial charge in [-0.2, -0.15) is 0 Å². The number of hydrogen-bond acceptors (Lipinski definition) is 5. The highest BCUT2D eigenvalue weighted by Crippen LogP contribution is 2.28. The van der Waals surface area contributed by atoms with E-state index in [9.17, 15) is 5.11 Å². The number of ether oxygens (including phenoxy) is 1. The average Bonchev–Trinajstić information content (AvgIpc) is 2.54. The Morgan fingerprint density at radius 3 is 2.71 bits per heavy atom. The van der Waals surface area contributed by atoms with E-state index in [4.69, 9.17) is 27.2 Å². The van der Waals surface area contributed by atoms with Gasteiger partial charge in [0.15, 0.2) is 0 Å². The second kappa shape index (κ2) is 8.64. The number of aliphatic imine (C=N–C) groups is 1. The van der Waals surface area contributed by atoms with Crippen molar-refractivity contribution in [2.75, 3.05) is 6.61 Å². The molecule has 24 heavy (non-hydrogen) atoms. The normalized spacial score (nSPS) is 16.4. The Morgan fingerprint density at radius 1 is 1.21 bits per heavy atom. The van der Waals surface area contributed by atoms with E-state index in [1.807, 2.05) is 0 Å². The number of nitrogens with zero attached hydrogens (tertiary/aromatic N) is 1. The Hall–Kier alpha value is -2.14. The number of phenolic OH excluding ortho intramolecular Hbond substituents is 1. The van der Waals surface area contributed by atoms with Crippen LogP contribution in [0.1, 0.15) is 39.0 Å². The second-order valence-corrected chi connectivity index (χ2v) is 6.09. The monoisotopic (exact) mass is 347 g/mol. The molecule has 0 unspecified atom stereocenters. The van der Waals surface area contributed by atoms with Gasteiger partial charge in [0.1, 0.15) is 11.5 Å². The summed E-state index contributed by atoms with van der Waals surface area (Å²) in [5.41, 5.74) is 1.57. The summed E-state index contributed by atoms with van der Waals surface area (Å²) in [7, 11) is 0. The summed E-state index contributed by atoms with van der Waals surface area (Å²) in [6.45, 7) is 2.73. The number of unbranched alkanes of at least 4 members (excludes halogenated alkanes) is 3. The molecule has 0 saturated carbocycles. The first kappa shape index (κ1) is 18.2. The fourth-order valence-electron chi connectivity index (χ4n) is 2.30. The van der Waals surface area contributed by atoms with Crippen LogP contribution in [0.15, 0.2) is 35.0 Å². The van der Waals surface area contributed by atoms with Gasteiger partial charge in [-0.05, 0) is 24.6 Å². The van der Waals surface area contributed by atoms with Crippen LogP contribution < -0.4 is 0 Å². The zero-order valence-corrected chi connectivity index (χ0v) is 14.5. The van der Waals surface area contributed by atoms with E-state index in [2.05, 4.69) is 11.9 Å². The first-order valence-corrected chi connectivity index (χ1v) is 8.46. The van der Waals surface area contributed by atoms with Gasteiger partial charge in [-0.25, -0.2) is 4.99 Å². The highest BCUT2D eigenvalue weighted by Gasteiger charge is 2.20. The minimum Gasteiger partial charge on any atom is -0.506 e. The highest BCUT2D eigenvalue weighted by molar-refractivity contribution is 6.51. The quantitative estimate of drug-likeness (QED) is 0.603. The maximum Gasteiger partial charge on any atom is 0.142 e. The van der Waals surface area contributed by atoms with Crippen molar-refractivity contribution in [1.82, 2.24) is 0 Å². The van der Waals surface area contributed by atoms with Gasteiger partial charge >= 0.3 is 0 Å². The predicted octanol–water partition coefficient (Wildman–Crippen LogP) is 5.04. The SMILES string of the molecule is CCCCCCOC1=CC(=Nc2ccc(O)c(Cl)c2)C(=N)CC1=N. The molecule has 0 atom stereocenters. The molecule has 0 bridgehead atoms. The molecule has 3 N–H and O–H groups in total. The maximum atomic E-state index is 9.45. The van der Waals surface area contributed by atoms with E-state index in [0.717, 1.165) is 12.8 Å². The standard InChI is InChI=1S/C18H22ClN3O2/c1-2-3-4-5-8-24-18-11-16(14(20)10-15(18)21)22-12-6-7-17(23)13(19)9-12/h6-7,9,11,20-21,23H,2-5,8,10H2,1H3. The molecule has 1 aliphatic rings. The zero-order chi connectivity index (χ0) is 17.5. The fourth-order valence-corrected chi connectivity index (χ4v) is 2.47. The molecule has 0 aliphatic heterocycles. The number of benzene rings is 1. The zero-order valence-electron chi connectivity index (χ0n) is 13.7. The summed E-state index contributed by atoms with van der Waals surface area (Å²) < 4.78 is 5.69. The number of aromatic hydroxyl groups is 1. The molecule has 5 nitrogen and oxygen atoms in total. The van der Waals surface area contributed by atoms with Crippen LogP contribution in [0.3, 0.4) is 0 Å². The van der Waals surface area contributed by atoms with Crippen LogP contribution in [0.25, 0.3) is 0 Å². The van der Waals surface area contributed by atoms with Crippen LogP contribution >= 0.6 is 11.6 Å².